The van der Waals surface area contributed by atoms with Crippen LogP contribution in [0.1, 0.15) is 25.7 Å². The van der Waals surface area contributed by atoms with E-state index in [1.807, 2.05) is 0 Å². The third-order valence-corrected chi connectivity index (χ3v) is 5.65. The van der Waals surface area contributed by atoms with Crippen LogP contribution in [0.2, 0.25) is 5.02 Å². The van der Waals surface area contributed by atoms with E-state index in [1.165, 1.54) is 11.3 Å². The summed E-state index contributed by atoms with van der Waals surface area (Å²) in [6.45, 7) is 0. The first kappa shape index (κ1) is 14.1. The quantitative estimate of drug-likeness (QED) is 0.904. The van der Waals surface area contributed by atoms with Gasteiger partial charge in [0.25, 0.3) is 0 Å². The average molecular weight is 332 g/mol. The van der Waals surface area contributed by atoms with Crippen molar-refractivity contribution in [3.63, 3.8) is 0 Å². The van der Waals surface area contributed by atoms with Gasteiger partial charge in [-0.1, -0.05) is 35.8 Å². The molecule has 20 heavy (non-hydrogen) atoms. The van der Waals surface area contributed by atoms with Gasteiger partial charge in [-0.2, -0.15) is 13.1 Å². The maximum Gasteiger partial charge on any atom is 0.301 e. The Kier molecular flexibility index (Phi) is 3.85. The largest absolute Gasteiger partial charge is 0.301 e. The van der Waals surface area contributed by atoms with E-state index >= 15 is 0 Å². The van der Waals surface area contributed by atoms with Crippen LogP contribution < -0.4 is 9.44 Å². The van der Waals surface area contributed by atoms with Crippen molar-refractivity contribution >= 4 is 48.5 Å². The van der Waals surface area contributed by atoms with Crippen molar-refractivity contribution in [2.24, 2.45) is 0 Å². The fraction of sp³-hybridized carbons (Fsp3) is 0.417. The zero-order valence-electron chi connectivity index (χ0n) is 10.6. The first-order valence-electron chi connectivity index (χ1n) is 6.38. The molecule has 1 aromatic carbocycles. The normalized spacial score (nSPS) is 16.9. The highest BCUT2D eigenvalue weighted by Gasteiger charge is 2.22. The standard InChI is InChI=1S/C12H14ClN3O2S2/c13-8-5-6-10-11(7-8)19-12(14-10)16-20(17,18)15-9-3-1-2-4-9/h5-7,9,15H,1-4H2,(H,14,16). The number of thiazole rings is 1. The predicted octanol–water partition coefficient (Wildman–Crippen LogP) is 3.14. The Hall–Kier alpha value is -0.890. The van der Waals surface area contributed by atoms with Crippen LogP contribution in [-0.2, 0) is 10.2 Å². The maximum absolute atomic E-state index is 12.0. The second-order valence-corrected chi connectivity index (χ2v) is 7.75. The molecule has 3 rings (SSSR count). The molecule has 2 N–H and O–H groups in total. The van der Waals surface area contributed by atoms with E-state index in [0.717, 1.165) is 35.9 Å². The number of nitrogens with zero attached hydrogens (tertiary/aromatic N) is 1. The lowest BCUT2D eigenvalue weighted by Gasteiger charge is -2.12. The van der Waals surface area contributed by atoms with Crippen molar-refractivity contribution in [2.75, 3.05) is 4.72 Å². The molecular weight excluding hydrogens is 318 g/mol. The second-order valence-electron chi connectivity index (χ2n) is 4.84. The second kappa shape index (κ2) is 5.48. The number of hydrogen-bond donors (Lipinski definition) is 2. The van der Waals surface area contributed by atoms with Crippen LogP contribution in [0.25, 0.3) is 10.2 Å². The molecule has 1 aromatic heterocycles. The smallest absolute Gasteiger partial charge is 0.246 e. The fourth-order valence-electron chi connectivity index (χ4n) is 2.35. The highest BCUT2D eigenvalue weighted by molar-refractivity contribution is 7.91. The Labute approximate surface area is 126 Å². The van der Waals surface area contributed by atoms with Crippen molar-refractivity contribution < 1.29 is 8.42 Å². The van der Waals surface area contributed by atoms with E-state index in [9.17, 15) is 8.42 Å². The number of nitrogens with one attached hydrogen (secondary N) is 2. The van der Waals surface area contributed by atoms with Gasteiger partial charge in [0, 0.05) is 11.1 Å². The van der Waals surface area contributed by atoms with Gasteiger partial charge in [0.1, 0.15) is 0 Å². The monoisotopic (exact) mass is 331 g/mol. The Morgan fingerprint density at radius 1 is 1.30 bits per heavy atom. The summed E-state index contributed by atoms with van der Waals surface area (Å²) in [7, 11) is -3.56. The molecule has 1 heterocycles. The molecule has 1 aliphatic rings. The molecule has 108 valence electrons. The van der Waals surface area contributed by atoms with Gasteiger partial charge in [0.05, 0.1) is 10.2 Å². The van der Waals surface area contributed by atoms with Crippen molar-refractivity contribution in [1.29, 1.82) is 0 Å². The molecule has 0 amide bonds. The molecule has 2 aromatic rings. The lowest BCUT2D eigenvalue weighted by molar-refractivity contribution is 0.557. The Morgan fingerprint density at radius 3 is 2.80 bits per heavy atom. The molecule has 0 saturated heterocycles. The van der Waals surface area contributed by atoms with Crippen LogP contribution in [-0.4, -0.2) is 19.4 Å². The van der Waals surface area contributed by atoms with Gasteiger partial charge < -0.3 is 0 Å². The van der Waals surface area contributed by atoms with Gasteiger partial charge in [-0.05, 0) is 31.0 Å². The highest BCUT2D eigenvalue weighted by atomic mass is 35.5. The van der Waals surface area contributed by atoms with Gasteiger partial charge >= 0.3 is 10.2 Å². The molecule has 0 aliphatic heterocycles. The van der Waals surface area contributed by atoms with Crippen LogP contribution >= 0.6 is 22.9 Å². The van der Waals surface area contributed by atoms with Crippen LogP contribution in [0.4, 0.5) is 5.13 Å². The SMILES string of the molecule is O=S(=O)(Nc1nc2ccc(Cl)cc2s1)NC1CCCC1. The lowest BCUT2D eigenvalue weighted by atomic mass is 10.3. The summed E-state index contributed by atoms with van der Waals surface area (Å²) in [6, 6.07) is 5.32. The number of anilines is 1. The summed E-state index contributed by atoms with van der Waals surface area (Å²) in [4.78, 5) is 4.24. The fourth-order valence-corrected chi connectivity index (χ4v) is 4.85. The summed E-state index contributed by atoms with van der Waals surface area (Å²) in [5.41, 5.74) is 0.734. The third-order valence-electron chi connectivity index (χ3n) is 3.25. The predicted molar refractivity (Wildman–Crippen MR) is 82.6 cm³/mol. The number of rotatable bonds is 4. The van der Waals surface area contributed by atoms with Gasteiger partial charge in [-0.3, -0.25) is 0 Å². The summed E-state index contributed by atoms with van der Waals surface area (Å²) in [5, 5.41) is 0.965. The molecule has 0 spiro atoms. The summed E-state index contributed by atoms with van der Waals surface area (Å²) < 4.78 is 30.0. The summed E-state index contributed by atoms with van der Waals surface area (Å²) in [6.07, 6.45) is 3.95. The number of halogens is 1. The minimum Gasteiger partial charge on any atom is -0.246 e. The van der Waals surface area contributed by atoms with Crippen molar-refractivity contribution in [2.45, 2.75) is 31.7 Å². The highest BCUT2D eigenvalue weighted by Crippen LogP contribution is 2.29. The van der Waals surface area contributed by atoms with Gasteiger partial charge in [-0.25, -0.2) is 9.71 Å². The molecule has 1 aliphatic carbocycles. The Morgan fingerprint density at radius 2 is 2.05 bits per heavy atom. The van der Waals surface area contributed by atoms with E-state index in [-0.39, 0.29) is 6.04 Å². The number of aromatic nitrogens is 1. The zero-order valence-corrected chi connectivity index (χ0v) is 13.0. The zero-order chi connectivity index (χ0) is 14.2. The van der Waals surface area contributed by atoms with Gasteiger partial charge in [0.2, 0.25) is 0 Å². The minimum atomic E-state index is -3.56. The average Bonchev–Trinajstić information content (AvgIpc) is 2.96. The molecule has 1 fully saturated rings. The van der Waals surface area contributed by atoms with Gasteiger partial charge in [0.15, 0.2) is 5.13 Å². The van der Waals surface area contributed by atoms with Crippen LogP contribution in [0.15, 0.2) is 18.2 Å². The molecule has 1 saturated carbocycles. The van der Waals surface area contributed by atoms with Crippen molar-refractivity contribution in [3.05, 3.63) is 23.2 Å². The number of fused-ring (bicyclic) bond motifs is 1. The van der Waals surface area contributed by atoms with E-state index in [4.69, 9.17) is 11.6 Å². The molecule has 5 nitrogen and oxygen atoms in total. The maximum atomic E-state index is 12.0. The third kappa shape index (κ3) is 3.22. The van der Waals surface area contributed by atoms with E-state index in [0.29, 0.717) is 10.2 Å². The molecular formula is C12H14ClN3O2S2. The summed E-state index contributed by atoms with van der Waals surface area (Å²) >= 11 is 7.17. The molecule has 0 radical (unpaired) electrons. The first-order valence-corrected chi connectivity index (χ1v) is 9.06. The summed E-state index contributed by atoms with van der Waals surface area (Å²) in [5.74, 6) is 0. The number of benzene rings is 1. The molecule has 0 unspecified atom stereocenters. The first-order chi connectivity index (χ1) is 9.52. The van der Waals surface area contributed by atoms with Crippen molar-refractivity contribution in [1.82, 2.24) is 9.71 Å². The molecule has 0 atom stereocenters. The lowest BCUT2D eigenvalue weighted by Crippen LogP contribution is -2.36. The Bertz CT molecular complexity index is 723. The van der Waals surface area contributed by atoms with E-state index in [2.05, 4.69) is 14.4 Å². The van der Waals surface area contributed by atoms with Gasteiger partial charge in [-0.15, -0.1) is 0 Å². The van der Waals surface area contributed by atoms with Crippen molar-refractivity contribution in [3.8, 4) is 0 Å². The topological polar surface area (TPSA) is 71.1 Å². The van der Waals surface area contributed by atoms with Crippen LogP contribution in [0, 0.1) is 0 Å². The molecule has 8 heteroatoms. The van der Waals surface area contributed by atoms with E-state index in [1.54, 1.807) is 18.2 Å². The van der Waals surface area contributed by atoms with Crippen LogP contribution in [0.5, 0.6) is 0 Å². The minimum absolute atomic E-state index is 0.0383. The van der Waals surface area contributed by atoms with E-state index < -0.39 is 10.2 Å². The number of hydrogen-bond acceptors (Lipinski definition) is 4. The molecule has 0 bridgehead atoms. The Balaban J connectivity index is 1.77. The van der Waals surface area contributed by atoms with Crippen LogP contribution in [0.3, 0.4) is 0 Å².